The highest BCUT2D eigenvalue weighted by molar-refractivity contribution is 5.82. The molecule has 4 heteroatoms. The van der Waals surface area contributed by atoms with Gasteiger partial charge in [-0.05, 0) is 18.8 Å². The summed E-state index contributed by atoms with van der Waals surface area (Å²) in [6.45, 7) is 4.50. The molecular formula is C13H26N2O2. The van der Waals surface area contributed by atoms with Crippen molar-refractivity contribution in [1.82, 2.24) is 4.90 Å². The molecule has 0 radical (unpaired) electrons. The van der Waals surface area contributed by atoms with Crippen LogP contribution in [0, 0.1) is 5.92 Å². The van der Waals surface area contributed by atoms with E-state index in [1.54, 1.807) is 0 Å². The normalized spacial score (nSPS) is 20.2. The summed E-state index contributed by atoms with van der Waals surface area (Å²) >= 11 is 0. The van der Waals surface area contributed by atoms with E-state index >= 15 is 0 Å². The molecule has 3 N–H and O–H groups in total. The molecule has 100 valence electrons. The average Bonchev–Trinajstić information content (AvgIpc) is 2.86. The second kappa shape index (κ2) is 6.97. The van der Waals surface area contributed by atoms with Gasteiger partial charge in [-0.1, -0.05) is 33.1 Å². The summed E-state index contributed by atoms with van der Waals surface area (Å²) in [5.74, 6) is 0.213. The lowest BCUT2D eigenvalue weighted by Crippen LogP contribution is -2.51. The predicted molar refractivity (Wildman–Crippen MR) is 68.5 cm³/mol. The van der Waals surface area contributed by atoms with Crippen LogP contribution in [0.25, 0.3) is 0 Å². The Morgan fingerprint density at radius 3 is 2.53 bits per heavy atom. The number of rotatable bonds is 6. The third-order valence-electron chi connectivity index (χ3n) is 3.93. The Labute approximate surface area is 104 Å². The van der Waals surface area contributed by atoms with Gasteiger partial charge in [-0.3, -0.25) is 4.79 Å². The van der Waals surface area contributed by atoms with Crippen LogP contribution in [0.2, 0.25) is 0 Å². The number of aliphatic hydroxyl groups is 1. The molecule has 1 amide bonds. The van der Waals surface area contributed by atoms with Gasteiger partial charge in [0.2, 0.25) is 5.91 Å². The van der Waals surface area contributed by atoms with Gasteiger partial charge >= 0.3 is 0 Å². The average molecular weight is 242 g/mol. The maximum atomic E-state index is 12.3. The van der Waals surface area contributed by atoms with Crippen molar-refractivity contribution in [3.05, 3.63) is 0 Å². The predicted octanol–water partition coefficient (Wildman–Crippen LogP) is 1.12. The van der Waals surface area contributed by atoms with Crippen molar-refractivity contribution in [3.63, 3.8) is 0 Å². The van der Waals surface area contributed by atoms with Crippen molar-refractivity contribution in [2.75, 3.05) is 13.2 Å². The molecule has 0 aromatic carbocycles. The molecule has 0 bridgehead atoms. The zero-order chi connectivity index (χ0) is 12.8. The maximum absolute atomic E-state index is 12.3. The largest absolute Gasteiger partial charge is 0.395 e. The fourth-order valence-electron chi connectivity index (χ4n) is 2.49. The van der Waals surface area contributed by atoms with Gasteiger partial charge < -0.3 is 15.7 Å². The molecule has 1 aliphatic rings. The van der Waals surface area contributed by atoms with Crippen LogP contribution in [0.4, 0.5) is 0 Å². The van der Waals surface area contributed by atoms with Gasteiger partial charge in [-0.15, -0.1) is 0 Å². The first-order valence-electron chi connectivity index (χ1n) is 6.78. The minimum absolute atomic E-state index is 0.0142. The van der Waals surface area contributed by atoms with Gasteiger partial charge in [0, 0.05) is 12.6 Å². The highest BCUT2D eigenvalue weighted by atomic mass is 16.3. The quantitative estimate of drug-likeness (QED) is 0.733. The third-order valence-corrected chi connectivity index (χ3v) is 3.93. The molecule has 1 fully saturated rings. The van der Waals surface area contributed by atoms with Crippen LogP contribution in [0.15, 0.2) is 0 Å². The molecule has 0 aromatic heterocycles. The number of aliphatic hydroxyl groups excluding tert-OH is 1. The summed E-state index contributed by atoms with van der Waals surface area (Å²) < 4.78 is 0. The molecule has 4 nitrogen and oxygen atoms in total. The van der Waals surface area contributed by atoms with Crippen molar-refractivity contribution >= 4 is 5.91 Å². The lowest BCUT2D eigenvalue weighted by atomic mass is 9.98. The maximum Gasteiger partial charge on any atom is 0.240 e. The highest BCUT2D eigenvalue weighted by Crippen LogP contribution is 2.24. The molecule has 1 saturated carbocycles. The van der Waals surface area contributed by atoms with Crippen molar-refractivity contribution in [2.45, 2.75) is 58.0 Å². The van der Waals surface area contributed by atoms with E-state index in [1.165, 1.54) is 12.8 Å². The summed E-state index contributed by atoms with van der Waals surface area (Å²) in [4.78, 5) is 14.1. The Morgan fingerprint density at radius 1 is 1.47 bits per heavy atom. The monoisotopic (exact) mass is 242 g/mol. The topological polar surface area (TPSA) is 66.6 Å². The zero-order valence-electron chi connectivity index (χ0n) is 11.1. The minimum atomic E-state index is -0.424. The molecule has 0 spiro atoms. The van der Waals surface area contributed by atoms with Gasteiger partial charge in [0.15, 0.2) is 0 Å². The molecule has 2 atom stereocenters. The molecular weight excluding hydrogens is 216 g/mol. The van der Waals surface area contributed by atoms with Gasteiger partial charge in [0.1, 0.15) is 0 Å². The zero-order valence-corrected chi connectivity index (χ0v) is 11.1. The van der Waals surface area contributed by atoms with E-state index in [1.807, 2.05) is 18.7 Å². The van der Waals surface area contributed by atoms with Gasteiger partial charge in [-0.2, -0.15) is 0 Å². The van der Waals surface area contributed by atoms with Crippen molar-refractivity contribution in [3.8, 4) is 0 Å². The van der Waals surface area contributed by atoms with E-state index in [2.05, 4.69) is 0 Å². The van der Waals surface area contributed by atoms with Gasteiger partial charge in [0.05, 0.1) is 12.6 Å². The summed E-state index contributed by atoms with van der Waals surface area (Å²) in [5, 5.41) is 9.09. The van der Waals surface area contributed by atoms with E-state index < -0.39 is 6.04 Å². The summed E-state index contributed by atoms with van der Waals surface area (Å²) in [6, 6.07) is -0.128. The van der Waals surface area contributed by atoms with E-state index in [9.17, 15) is 4.79 Å². The summed E-state index contributed by atoms with van der Waals surface area (Å²) in [6.07, 6.45) is 5.37. The molecule has 0 aromatic rings. The molecule has 1 unspecified atom stereocenters. The number of nitrogens with two attached hydrogens (primary N) is 1. The fraction of sp³-hybridized carbons (Fsp3) is 0.923. The van der Waals surface area contributed by atoms with E-state index in [0.29, 0.717) is 12.6 Å². The Kier molecular flexibility index (Phi) is 5.92. The highest BCUT2D eigenvalue weighted by Gasteiger charge is 2.31. The van der Waals surface area contributed by atoms with Crippen molar-refractivity contribution < 1.29 is 9.90 Å². The van der Waals surface area contributed by atoms with Crippen molar-refractivity contribution in [2.24, 2.45) is 11.7 Å². The lowest BCUT2D eigenvalue weighted by molar-refractivity contribution is -0.136. The Bertz CT molecular complexity index is 240. The number of hydrogen-bond acceptors (Lipinski definition) is 3. The fourth-order valence-corrected chi connectivity index (χ4v) is 2.49. The first-order valence-corrected chi connectivity index (χ1v) is 6.78. The third kappa shape index (κ3) is 3.68. The Morgan fingerprint density at radius 2 is 2.06 bits per heavy atom. The van der Waals surface area contributed by atoms with Crippen LogP contribution in [0.1, 0.15) is 46.0 Å². The minimum Gasteiger partial charge on any atom is -0.395 e. The van der Waals surface area contributed by atoms with Gasteiger partial charge in [0.25, 0.3) is 0 Å². The summed E-state index contributed by atoms with van der Waals surface area (Å²) in [7, 11) is 0. The molecule has 1 rings (SSSR count). The van der Waals surface area contributed by atoms with E-state index in [0.717, 1.165) is 19.3 Å². The lowest BCUT2D eigenvalue weighted by Gasteiger charge is -2.32. The first kappa shape index (κ1) is 14.5. The number of carbonyl (C=O) groups is 1. The van der Waals surface area contributed by atoms with E-state index in [-0.39, 0.29) is 18.4 Å². The van der Waals surface area contributed by atoms with Crippen LogP contribution in [-0.2, 0) is 4.79 Å². The second-order valence-corrected chi connectivity index (χ2v) is 5.10. The Balaban J connectivity index is 2.65. The summed E-state index contributed by atoms with van der Waals surface area (Å²) in [5.41, 5.74) is 6.00. The van der Waals surface area contributed by atoms with Crippen LogP contribution in [0.3, 0.4) is 0 Å². The van der Waals surface area contributed by atoms with Crippen LogP contribution >= 0.6 is 0 Å². The van der Waals surface area contributed by atoms with Crippen molar-refractivity contribution in [1.29, 1.82) is 0 Å². The Hall–Kier alpha value is -0.610. The second-order valence-electron chi connectivity index (χ2n) is 5.10. The first-order chi connectivity index (χ1) is 8.11. The van der Waals surface area contributed by atoms with E-state index in [4.69, 9.17) is 10.8 Å². The van der Waals surface area contributed by atoms with Crippen LogP contribution < -0.4 is 5.73 Å². The molecule has 17 heavy (non-hydrogen) atoms. The molecule has 0 aliphatic heterocycles. The van der Waals surface area contributed by atoms with Crippen LogP contribution in [-0.4, -0.2) is 41.1 Å². The molecule has 1 aliphatic carbocycles. The van der Waals surface area contributed by atoms with Crippen LogP contribution in [0.5, 0.6) is 0 Å². The number of nitrogens with zero attached hydrogens (tertiary/aromatic N) is 1. The molecule has 0 saturated heterocycles. The number of carbonyl (C=O) groups excluding carboxylic acids is 1. The SMILES string of the molecule is CCC(C)[C@@H](N)C(=O)N(CCO)C1CCCC1. The smallest absolute Gasteiger partial charge is 0.240 e. The standard InChI is InChI=1S/C13H26N2O2/c1-3-10(2)12(14)13(17)15(8-9-16)11-6-4-5-7-11/h10-12,16H,3-9,14H2,1-2H3/t10?,12-/m1/s1. The number of amides is 1. The number of hydrogen-bond donors (Lipinski definition) is 2. The molecule has 0 heterocycles. The van der Waals surface area contributed by atoms with Gasteiger partial charge in [-0.25, -0.2) is 0 Å².